The van der Waals surface area contributed by atoms with E-state index in [2.05, 4.69) is 15.3 Å². The number of anilines is 1. The van der Waals surface area contributed by atoms with E-state index >= 15 is 0 Å². The van der Waals surface area contributed by atoms with Crippen LogP contribution in [-0.4, -0.2) is 16.5 Å². The van der Waals surface area contributed by atoms with E-state index in [0.29, 0.717) is 16.7 Å². The molecule has 2 rings (SSSR count). The van der Waals surface area contributed by atoms with Crippen LogP contribution in [0.1, 0.15) is 18.1 Å². The van der Waals surface area contributed by atoms with Gasteiger partial charge in [0.25, 0.3) is 0 Å². The molecule has 100 valence electrons. The van der Waals surface area contributed by atoms with Crippen molar-refractivity contribution in [2.24, 2.45) is 0 Å². The zero-order valence-corrected chi connectivity index (χ0v) is 12.0. The van der Waals surface area contributed by atoms with Gasteiger partial charge in [-0.2, -0.15) is 0 Å². The van der Waals surface area contributed by atoms with Crippen molar-refractivity contribution in [1.82, 2.24) is 9.97 Å². The number of nitrogens with one attached hydrogen (secondary N) is 1. The molecule has 0 aliphatic rings. The van der Waals surface area contributed by atoms with Crippen LogP contribution in [0.3, 0.4) is 0 Å². The first-order valence-electron chi connectivity index (χ1n) is 6.11. The maximum absolute atomic E-state index is 6.12. The third-order valence-electron chi connectivity index (χ3n) is 2.68. The molecule has 1 N–H and O–H groups in total. The molecule has 0 unspecified atom stereocenters. The quantitative estimate of drug-likeness (QED) is 0.918. The molecule has 0 bridgehead atoms. The Hall–Kier alpha value is -1.81. The Bertz CT molecular complexity index is 587. The van der Waals surface area contributed by atoms with E-state index in [9.17, 15) is 0 Å². The fourth-order valence-corrected chi connectivity index (χ4v) is 1.83. The number of aromatic nitrogens is 2. The number of ether oxygens (including phenoxy) is 1. The van der Waals surface area contributed by atoms with Crippen molar-refractivity contribution in [3.8, 4) is 11.6 Å². The van der Waals surface area contributed by atoms with E-state index in [-0.39, 0.29) is 0 Å². The number of hydrogen-bond acceptors (Lipinski definition) is 4. The third kappa shape index (κ3) is 3.15. The number of hydrogen-bond donors (Lipinski definition) is 1. The van der Waals surface area contributed by atoms with Crippen molar-refractivity contribution in [3.63, 3.8) is 0 Å². The average molecular weight is 278 g/mol. The third-order valence-corrected chi connectivity index (χ3v) is 2.99. The van der Waals surface area contributed by atoms with Gasteiger partial charge in [-0.25, -0.2) is 9.97 Å². The predicted octanol–water partition coefficient (Wildman–Crippen LogP) is 3.97. The molecule has 0 radical (unpaired) electrons. The molecule has 1 aromatic heterocycles. The van der Waals surface area contributed by atoms with Crippen molar-refractivity contribution in [2.45, 2.75) is 20.8 Å². The smallest absolute Gasteiger partial charge is 0.227 e. The first-order valence-corrected chi connectivity index (χ1v) is 6.49. The molecule has 0 saturated carbocycles. The molecule has 0 aliphatic heterocycles. The van der Waals surface area contributed by atoms with Crippen LogP contribution in [0.2, 0.25) is 5.02 Å². The molecule has 19 heavy (non-hydrogen) atoms. The van der Waals surface area contributed by atoms with E-state index < -0.39 is 0 Å². The predicted molar refractivity (Wildman–Crippen MR) is 77.2 cm³/mol. The largest absolute Gasteiger partial charge is 0.437 e. The SMILES string of the molecule is CCNc1ncnc(Oc2cc(C)ccc2Cl)c1C. The number of aryl methyl sites for hydroxylation is 1. The Morgan fingerprint density at radius 3 is 2.79 bits per heavy atom. The summed E-state index contributed by atoms with van der Waals surface area (Å²) in [6, 6.07) is 5.64. The minimum Gasteiger partial charge on any atom is -0.437 e. The molecule has 0 aliphatic carbocycles. The highest BCUT2D eigenvalue weighted by Gasteiger charge is 2.10. The summed E-state index contributed by atoms with van der Waals surface area (Å²) in [5, 5.41) is 3.73. The summed E-state index contributed by atoms with van der Waals surface area (Å²) in [5.41, 5.74) is 1.94. The topological polar surface area (TPSA) is 47.0 Å². The molecule has 2 aromatic rings. The summed E-state index contributed by atoms with van der Waals surface area (Å²) < 4.78 is 5.78. The van der Waals surface area contributed by atoms with Gasteiger partial charge in [0.15, 0.2) is 0 Å². The molecule has 0 fully saturated rings. The van der Waals surface area contributed by atoms with Crippen LogP contribution in [-0.2, 0) is 0 Å². The molecule has 0 atom stereocenters. The second-order valence-electron chi connectivity index (χ2n) is 4.22. The summed E-state index contributed by atoms with van der Waals surface area (Å²) in [6.07, 6.45) is 1.48. The van der Waals surface area contributed by atoms with Gasteiger partial charge in [-0.05, 0) is 38.5 Å². The Morgan fingerprint density at radius 1 is 1.26 bits per heavy atom. The molecule has 1 heterocycles. The van der Waals surface area contributed by atoms with Crippen LogP contribution in [0.4, 0.5) is 5.82 Å². The van der Waals surface area contributed by atoms with E-state index in [4.69, 9.17) is 16.3 Å². The molecule has 0 amide bonds. The van der Waals surface area contributed by atoms with Gasteiger partial charge >= 0.3 is 0 Å². The van der Waals surface area contributed by atoms with Crippen molar-refractivity contribution in [3.05, 3.63) is 40.7 Å². The maximum atomic E-state index is 6.12. The number of rotatable bonds is 4. The number of benzene rings is 1. The summed E-state index contributed by atoms with van der Waals surface area (Å²) in [7, 11) is 0. The highest BCUT2D eigenvalue weighted by molar-refractivity contribution is 6.32. The standard InChI is InChI=1S/C14H16ClN3O/c1-4-16-13-10(3)14(18-8-17-13)19-12-7-9(2)5-6-11(12)15/h5-8H,4H2,1-3H3,(H,16,17,18). The zero-order chi connectivity index (χ0) is 13.8. The Labute approximate surface area is 117 Å². The molecule has 0 spiro atoms. The van der Waals surface area contributed by atoms with E-state index in [0.717, 1.165) is 23.5 Å². The maximum Gasteiger partial charge on any atom is 0.227 e. The Kier molecular flexibility index (Phi) is 4.22. The summed E-state index contributed by atoms with van der Waals surface area (Å²) >= 11 is 6.12. The first-order chi connectivity index (χ1) is 9.11. The van der Waals surface area contributed by atoms with Gasteiger partial charge in [0.05, 0.1) is 10.6 Å². The van der Waals surface area contributed by atoms with Crippen LogP contribution in [0.25, 0.3) is 0 Å². The second kappa shape index (κ2) is 5.89. The van der Waals surface area contributed by atoms with Gasteiger partial charge in [-0.3, -0.25) is 0 Å². The summed E-state index contributed by atoms with van der Waals surface area (Å²) in [5.74, 6) is 1.89. The molecule has 4 nitrogen and oxygen atoms in total. The van der Waals surface area contributed by atoms with Crippen LogP contribution in [0.5, 0.6) is 11.6 Å². The van der Waals surface area contributed by atoms with Crippen LogP contribution >= 0.6 is 11.6 Å². The minimum atomic E-state index is 0.512. The van der Waals surface area contributed by atoms with Gasteiger partial charge in [0.2, 0.25) is 5.88 Å². The van der Waals surface area contributed by atoms with E-state index in [1.54, 1.807) is 0 Å². The van der Waals surface area contributed by atoms with Gasteiger partial charge in [-0.15, -0.1) is 0 Å². The second-order valence-corrected chi connectivity index (χ2v) is 4.63. The van der Waals surface area contributed by atoms with Crippen molar-refractivity contribution < 1.29 is 4.74 Å². The highest BCUT2D eigenvalue weighted by Crippen LogP contribution is 2.31. The highest BCUT2D eigenvalue weighted by atomic mass is 35.5. The van der Waals surface area contributed by atoms with Crippen molar-refractivity contribution in [1.29, 1.82) is 0 Å². The number of nitrogens with zero attached hydrogens (tertiary/aromatic N) is 2. The minimum absolute atomic E-state index is 0.512. The first kappa shape index (κ1) is 13.6. The van der Waals surface area contributed by atoms with Gasteiger partial charge in [0.1, 0.15) is 17.9 Å². The molecular weight excluding hydrogens is 262 g/mol. The Balaban J connectivity index is 2.33. The van der Waals surface area contributed by atoms with Crippen LogP contribution in [0, 0.1) is 13.8 Å². The van der Waals surface area contributed by atoms with Gasteiger partial charge < -0.3 is 10.1 Å². The zero-order valence-electron chi connectivity index (χ0n) is 11.2. The summed E-state index contributed by atoms with van der Waals surface area (Å²) in [4.78, 5) is 8.33. The van der Waals surface area contributed by atoms with Gasteiger partial charge in [-0.1, -0.05) is 17.7 Å². The van der Waals surface area contributed by atoms with E-state index in [1.807, 2.05) is 39.0 Å². The lowest BCUT2D eigenvalue weighted by Gasteiger charge is -2.12. The Morgan fingerprint density at radius 2 is 2.05 bits per heavy atom. The fraction of sp³-hybridized carbons (Fsp3) is 0.286. The molecule has 1 aromatic carbocycles. The van der Waals surface area contributed by atoms with Crippen LogP contribution < -0.4 is 10.1 Å². The average Bonchev–Trinajstić information content (AvgIpc) is 2.39. The number of halogens is 1. The van der Waals surface area contributed by atoms with Crippen LogP contribution in [0.15, 0.2) is 24.5 Å². The molecule has 5 heteroatoms. The summed E-state index contributed by atoms with van der Waals surface area (Å²) in [6.45, 7) is 6.71. The molecular formula is C14H16ClN3O. The molecule has 0 saturated heterocycles. The van der Waals surface area contributed by atoms with E-state index in [1.165, 1.54) is 6.33 Å². The lowest BCUT2D eigenvalue weighted by molar-refractivity contribution is 0.457. The fourth-order valence-electron chi connectivity index (χ4n) is 1.68. The lowest BCUT2D eigenvalue weighted by Crippen LogP contribution is -2.04. The normalized spacial score (nSPS) is 10.3. The monoisotopic (exact) mass is 277 g/mol. The van der Waals surface area contributed by atoms with Crippen molar-refractivity contribution >= 4 is 17.4 Å². The van der Waals surface area contributed by atoms with Gasteiger partial charge in [0, 0.05) is 6.54 Å². The van der Waals surface area contributed by atoms with Crippen molar-refractivity contribution in [2.75, 3.05) is 11.9 Å². The lowest BCUT2D eigenvalue weighted by atomic mass is 10.2.